The summed E-state index contributed by atoms with van der Waals surface area (Å²) in [5.74, 6) is -1.18. The predicted molar refractivity (Wildman–Crippen MR) is 87.5 cm³/mol. The maximum Gasteiger partial charge on any atom is 0.470 e. The minimum Gasteiger partial charge on any atom is -0.378 e. The fraction of sp³-hybridized carbons (Fsp3) is 0.588. The molecular weight excluding hydrogens is 319 g/mol. The van der Waals surface area contributed by atoms with Crippen LogP contribution in [0.2, 0.25) is 0 Å². The Morgan fingerprint density at radius 3 is 2.46 bits per heavy atom. The first-order chi connectivity index (χ1) is 11.4. The minimum atomic E-state index is -4.59. The smallest absolute Gasteiger partial charge is 0.378 e. The zero-order chi connectivity index (χ0) is 17.7. The van der Waals surface area contributed by atoms with E-state index in [9.17, 15) is 13.2 Å². The number of hydrogen-bond donors (Lipinski definition) is 0. The summed E-state index contributed by atoms with van der Waals surface area (Å²) in [6, 6.07) is 8.69. The SMILES string of the molecule is CCCN(CC)CC(C)N1OC(C(F)(F)F)=NC1c1ccccc1. The van der Waals surface area contributed by atoms with Crippen molar-refractivity contribution in [3.63, 3.8) is 0 Å². The molecule has 0 aliphatic carbocycles. The Bertz CT molecular complexity index is 548. The van der Waals surface area contributed by atoms with E-state index in [4.69, 9.17) is 4.84 Å². The molecule has 0 bridgehead atoms. The van der Waals surface area contributed by atoms with Gasteiger partial charge in [0, 0.05) is 6.54 Å². The van der Waals surface area contributed by atoms with E-state index < -0.39 is 18.2 Å². The number of hydrogen-bond acceptors (Lipinski definition) is 4. The molecule has 4 nitrogen and oxygen atoms in total. The molecule has 1 aromatic rings. The van der Waals surface area contributed by atoms with Crippen LogP contribution in [-0.4, -0.2) is 47.7 Å². The Hall–Kier alpha value is -1.60. The zero-order valence-electron chi connectivity index (χ0n) is 14.3. The lowest BCUT2D eigenvalue weighted by molar-refractivity contribution is -0.155. The van der Waals surface area contributed by atoms with Crippen molar-refractivity contribution in [2.45, 2.75) is 45.6 Å². The molecule has 24 heavy (non-hydrogen) atoms. The van der Waals surface area contributed by atoms with Gasteiger partial charge in [-0.3, -0.25) is 0 Å². The van der Waals surface area contributed by atoms with Crippen LogP contribution in [0.3, 0.4) is 0 Å². The van der Waals surface area contributed by atoms with Crippen molar-refractivity contribution in [2.75, 3.05) is 19.6 Å². The van der Waals surface area contributed by atoms with E-state index in [2.05, 4.69) is 16.8 Å². The summed E-state index contributed by atoms with van der Waals surface area (Å²) in [5.41, 5.74) is 0.683. The summed E-state index contributed by atoms with van der Waals surface area (Å²) in [6.45, 7) is 8.35. The number of nitrogens with zero attached hydrogens (tertiary/aromatic N) is 3. The first-order valence-corrected chi connectivity index (χ1v) is 8.25. The first-order valence-electron chi connectivity index (χ1n) is 8.25. The summed E-state index contributed by atoms with van der Waals surface area (Å²) in [7, 11) is 0. The van der Waals surface area contributed by atoms with Gasteiger partial charge in [-0.2, -0.15) is 13.2 Å². The van der Waals surface area contributed by atoms with E-state index in [1.165, 1.54) is 5.06 Å². The molecule has 0 spiro atoms. The highest BCUT2D eigenvalue weighted by Crippen LogP contribution is 2.34. The van der Waals surface area contributed by atoms with E-state index in [1.807, 2.05) is 19.9 Å². The van der Waals surface area contributed by atoms with Gasteiger partial charge in [0.05, 0.1) is 6.04 Å². The molecule has 0 saturated carbocycles. The molecule has 2 rings (SSSR count). The molecule has 1 aliphatic rings. The largest absolute Gasteiger partial charge is 0.470 e. The average molecular weight is 343 g/mol. The minimum absolute atomic E-state index is 0.231. The molecule has 0 amide bonds. The van der Waals surface area contributed by atoms with Gasteiger partial charge in [-0.15, -0.1) is 5.06 Å². The monoisotopic (exact) mass is 343 g/mol. The molecule has 2 unspecified atom stereocenters. The molecule has 1 aliphatic heterocycles. The molecule has 1 aromatic carbocycles. The number of likely N-dealkylation sites (N-methyl/N-ethyl adjacent to an activating group) is 1. The number of rotatable bonds is 7. The second-order valence-electron chi connectivity index (χ2n) is 5.91. The molecule has 0 N–H and O–H groups in total. The number of hydroxylamine groups is 2. The van der Waals surface area contributed by atoms with Crippen molar-refractivity contribution in [1.29, 1.82) is 0 Å². The van der Waals surface area contributed by atoms with Gasteiger partial charge in [-0.25, -0.2) is 4.99 Å². The Balaban J connectivity index is 2.20. The topological polar surface area (TPSA) is 28.1 Å². The molecule has 0 aromatic heterocycles. The van der Waals surface area contributed by atoms with Crippen molar-refractivity contribution in [3.8, 4) is 0 Å². The Labute approximate surface area is 140 Å². The van der Waals surface area contributed by atoms with Gasteiger partial charge in [0.15, 0.2) is 6.17 Å². The third kappa shape index (κ3) is 4.48. The van der Waals surface area contributed by atoms with Crippen LogP contribution in [0, 0.1) is 0 Å². The summed E-state index contributed by atoms with van der Waals surface area (Å²) in [6.07, 6.45) is -4.37. The van der Waals surface area contributed by atoms with Crippen molar-refractivity contribution in [1.82, 2.24) is 9.96 Å². The van der Waals surface area contributed by atoms with Crippen LogP contribution in [0.25, 0.3) is 0 Å². The van der Waals surface area contributed by atoms with E-state index in [0.29, 0.717) is 12.1 Å². The van der Waals surface area contributed by atoms with Crippen LogP contribution in [0.4, 0.5) is 13.2 Å². The molecule has 1 heterocycles. The highest BCUT2D eigenvalue weighted by Gasteiger charge is 2.47. The Morgan fingerprint density at radius 1 is 1.25 bits per heavy atom. The van der Waals surface area contributed by atoms with Gasteiger partial charge in [0.25, 0.3) is 0 Å². The van der Waals surface area contributed by atoms with Crippen molar-refractivity contribution < 1.29 is 18.0 Å². The summed E-state index contributed by atoms with van der Waals surface area (Å²) in [5, 5.41) is 1.36. The maximum atomic E-state index is 13.0. The van der Waals surface area contributed by atoms with Crippen LogP contribution in [0.15, 0.2) is 35.3 Å². The number of benzene rings is 1. The molecule has 0 fully saturated rings. The average Bonchev–Trinajstić information content (AvgIpc) is 3.01. The van der Waals surface area contributed by atoms with Crippen LogP contribution >= 0.6 is 0 Å². The standard InChI is InChI=1S/C17H24F3N3O/c1-4-11-22(5-2)12-13(3)23-15(14-9-7-6-8-10-14)21-16(24-23)17(18,19)20/h6-10,13,15H,4-5,11-12H2,1-3H3. The number of aliphatic imine (C=N–C) groups is 1. The Morgan fingerprint density at radius 2 is 1.92 bits per heavy atom. The summed E-state index contributed by atoms with van der Waals surface area (Å²) < 4.78 is 39.1. The van der Waals surface area contributed by atoms with Crippen molar-refractivity contribution in [3.05, 3.63) is 35.9 Å². The fourth-order valence-corrected chi connectivity index (χ4v) is 2.79. The maximum absolute atomic E-state index is 13.0. The van der Waals surface area contributed by atoms with Crippen LogP contribution < -0.4 is 0 Å². The third-order valence-corrected chi connectivity index (χ3v) is 3.96. The second-order valence-corrected chi connectivity index (χ2v) is 5.91. The highest BCUT2D eigenvalue weighted by atomic mass is 19.4. The molecule has 2 atom stereocenters. The predicted octanol–water partition coefficient (Wildman–Crippen LogP) is 4.01. The molecule has 7 heteroatoms. The van der Waals surface area contributed by atoms with Crippen LogP contribution in [0.5, 0.6) is 0 Å². The highest BCUT2D eigenvalue weighted by molar-refractivity contribution is 5.82. The van der Waals surface area contributed by atoms with Gasteiger partial charge in [0.2, 0.25) is 0 Å². The van der Waals surface area contributed by atoms with E-state index in [-0.39, 0.29) is 6.04 Å². The summed E-state index contributed by atoms with van der Waals surface area (Å²) >= 11 is 0. The first kappa shape index (κ1) is 18.7. The third-order valence-electron chi connectivity index (χ3n) is 3.96. The van der Waals surface area contributed by atoms with Crippen molar-refractivity contribution in [2.24, 2.45) is 4.99 Å². The van der Waals surface area contributed by atoms with Crippen LogP contribution in [0.1, 0.15) is 38.9 Å². The number of halogens is 3. The molecular formula is C17H24F3N3O. The van der Waals surface area contributed by atoms with Gasteiger partial charge >= 0.3 is 12.1 Å². The van der Waals surface area contributed by atoms with E-state index in [0.717, 1.165) is 19.5 Å². The second kappa shape index (κ2) is 7.98. The Kier molecular flexibility index (Phi) is 6.23. The quantitative estimate of drug-likeness (QED) is 0.749. The van der Waals surface area contributed by atoms with Gasteiger partial charge in [-0.05, 0) is 32.0 Å². The molecule has 0 radical (unpaired) electrons. The van der Waals surface area contributed by atoms with Crippen molar-refractivity contribution >= 4 is 5.90 Å². The van der Waals surface area contributed by atoms with Crippen LogP contribution in [-0.2, 0) is 4.84 Å². The lowest BCUT2D eigenvalue weighted by Gasteiger charge is -2.31. The zero-order valence-corrected chi connectivity index (χ0v) is 14.3. The van der Waals surface area contributed by atoms with E-state index >= 15 is 0 Å². The molecule has 0 saturated heterocycles. The summed E-state index contributed by atoms with van der Waals surface area (Å²) in [4.78, 5) is 11.1. The van der Waals surface area contributed by atoms with Gasteiger partial charge in [0.1, 0.15) is 0 Å². The fourth-order valence-electron chi connectivity index (χ4n) is 2.79. The molecule has 134 valence electrons. The van der Waals surface area contributed by atoms with Gasteiger partial charge < -0.3 is 9.74 Å². The lowest BCUT2D eigenvalue weighted by atomic mass is 10.1. The van der Waals surface area contributed by atoms with E-state index in [1.54, 1.807) is 24.3 Å². The normalized spacial score (nSPS) is 20.1. The number of alkyl halides is 3. The lowest BCUT2D eigenvalue weighted by Crippen LogP contribution is -2.43. The van der Waals surface area contributed by atoms with Gasteiger partial charge in [-0.1, -0.05) is 44.2 Å².